The highest BCUT2D eigenvalue weighted by Crippen LogP contribution is 2.70. The fourth-order valence-corrected chi connectivity index (χ4v) is 15.5. The monoisotopic (exact) mass is 851 g/mol. The summed E-state index contributed by atoms with van der Waals surface area (Å²) in [4.78, 5) is 2.55. The maximum absolute atomic E-state index is 2.64. The molecular formula is C63H49NS. The van der Waals surface area contributed by atoms with Gasteiger partial charge in [-0.25, -0.2) is 0 Å². The average molecular weight is 852 g/mol. The number of rotatable bonds is 6. The van der Waals surface area contributed by atoms with Crippen molar-refractivity contribution in [1.29, 1.82) is 0 Å². The van der Waals surface area contributed by atoms with Crippen LogP contribution in [0.1, 0.15) is 65.5 Å². The van der Waals surface area contributed by atoms with Crippen molar-refractivity contribution in [2.45, 2.75) is 42.9 Å². The van der Waals surface area contributed by atoms with Crippen LogP contribution in [0.2, 0.25) is 0 Å². The van der Waals surface area contributed by atoms with Gasteiger partial charge in [0.25, 0.3) is 0 Å². The zero-order chi connectivity index (χ0) is 42.7. The molecule has 0 unspecified atom stereocenters. The SMILES string of the molecule is c1ccc(C2(c3ccccc3)c3ccccc3C3(c4ccc(N(c5ccc(-c6ccc7c(c6)sc6ccccc67)cc5)c5cccc6ccccc56)cc42)C2CC4CC(C2)CC3C4)cc1. The van der Waals surface area contributed by atoms with Gasteiger partial charge in [0.05, 0.1) is 11.1 Å². The van der Waals surface area contributed by atoms with E-state index in [1.165, 1.54) is 108 Å². The van der Waals surface area contributed by atoms with Crippen LogP contribution in [0, 0.1) is 23.7 Å². The Morgan fingerprint density at radius 3 is 1.69 bits per heavy atom. The number of hydrogen-bond donors (Lipinski definition) is 0. The first kappa shape index (κ1) is 37.6. The van der Waals surface area contributed by atoms with Gasteiger partial charge in [0, 0.05) is 42.3 Å². The second-order valence-electron chi connectivity index (χ2n) is 19.6. The Morgan fingerprint density at radius 2 is 0.954 bits per heavy atom. The van der Waals surface area contributed by atoms with Gasteiger partial charge in [0.2, 0.25) is 0 Å². The Morgan fingerprint density at radius 1 is 0.385 bits per heavy atom. The number of thiophene rings is 1. The van der Waals surface area contributed by atoms with E-state index in [0.29, 0.717) is 11.8 Å². The number of fused-ring (bicyclic) bond motifs is 6. The van der Waals surface area contributed by atoms with Gasteiger partial charge in [0.15, 0.2) is 0 Å². The highest BCUT2D eigenvalue weighted by Gasteiger charge is 2.63. The molecule has 5 aliphatic carbocycles. The number of hydrogen-bond acceptors (Lipinski definition) is 2. The zero-order valence-electron chi connectivity index (χ0n) is 36.4. The molecule has 15 rings (SSSR count). The van der Waals surface area contributed by atoms with Crippen LogP contribution < -0.4 is 4.90 Å². The summed E-state index contributed by atoms with van der Waals surface area (Å²) in [5.74, 6) is 3.01. The zero-order valence-corrected chi connectivity index (χ0v) is 37.2. The van der Waals surface area contributed by atoms with Gasteiger partial charge in [-0.05, 0) is 148 Å². The summed E-state index contributed by atoms with van der Waals surface area (Å²) in [7, 11) is 0. The first-order valence-electron chi connectivity index (χ1n) is 23.8. The van der Waals surface area contributed by atoms with E-state index in [-0.39, 0.29) is 5.41 Å². The molecule has 1 heterocycles. The molecule has 0 amide bonds. The van der Waals surface area contributed by atoms with Gasteiger partial charge in [-0.15, -0.1) is 11.3 Å². The lowest BCUT2D eigenvalue weighted by Crippen LogP contribution is -2.59. The average Bonchev–Trinajstić information content (AvgIpc) is 3.74. The fraction of sp³-hybridized carbons (Fsp3) is 0.175. The van der Waals surface area contributed by atoms with Crippen LogP contribution in [0.3, 0.4) is 0 Å². The van der Waals surface area contributed by atoms with Gasteiger partial charge in [-0.2, -0.15) is 0 Å². The summed E-state index contributed by atoms with van der Waals surface area (Å²) in [6.07, 6.45) is 6.81. The molecular weight excluding hydrogens is 803 g/mol. The van der Waals surface area contributed by atoms with Crippen LogP contribution >= 0.6 is 11.3 Å². The van der Waals surface area contributed by atoms with E-state index in [0.717, 1.165) is 17.5 Å². The van der Waals surface area contributed by atoms with E-state index in [1.807, 2.05) is 11.3 Å². The summed E-state index contributed by atoms with van der Waals surface area (Å²) in [5, 5.41) is 5.16. The molecule has 312 valence electrons. The maximum Gasteiger partial charge on any atom is 0.0708 e. The van der Waals surface area contributed by atoms with Crippen LogP contribution in [0.4, 0.5) is 17.1 Å². The lowest BCUT2D eigenvalue weighted by atomic mass is 9.38. The van der Waals surface area contributed by atoms with Gasteiger partial charge in [0.1, 0.15) is 0 Å². The molecule has 10 aromatic rings. The Bertz CT molecular complexity index is 3380. The van der Waals surface area contributed by atoms with Crippen molar-refractivity contribution < 1.29 is 0 Å². The fourth-order valence-electron chi connectivity index (χ4n) is 14.3. The summed E-state index contributed by atoms with van der Waals surface area (Å²) in [6.45, 7) is 0. The molecule has 2 heteroatoms. The summed E-state index contributed by atoms with van der Waals surface area (Å²) < 4.78 is 2.67. The standard InChI is InChI=1S/C63H49NS/c1-3-16-46(17-4-1)62(47-18-5-2-6-19-47)55-22-10-11-23-56(55)63(48-35-41-34-42(37-48)38-49(63)36-41)57-33-31-51(40-58(57)62)64(59-24-13-15-44-14-7-8-20-52(44)59)50-29-26-43(27-30-50)45-28-32-54-53-21-9-12-25-60(53)65-61(54)39-45/h1-33,39-42,48-49H,34-38H2. The third kappa shape index (κ3) is 5.38. The van der Waals surface area contributed by atoms with Crippen molar-refractivity contribution in [2.75, 3.05) is 4.90 Å². The van der Waals surface area contributed by atoms with Crippen molar-refractivity contribution in [3.63, 3.8) is 0 Å². The molecule has 0 saturated heterocycles. The lowest BCUT2D eigenvalue weighted by molar-refractivity contribution is -0.0440. The summed E-state index contributed by atoms with van der Waals surface area (Å²) >= 11 is 1.88. The van der Waals surface area contributed by atoms with Gasteiger partial charge in [-0.1, -0.05) is 170 Å². The van der Waals surface area contributed by atoms with E-state index >= 15 is 0 Å². The molecule has 0 N–H and O–H groups in total. The molecule has 1 spiro atoms. The van der Waals surface area contributed by atoms with Crippen molar-refractivity contribution in [2.24, 2.45) is 23.7 Å². The number of nitrogens with zero attached hydrogens (tertiary/aromatic N) is 1. The topological polar surface area (TPSA) is 3.24 Å². The Hall–Kier alpha value is -6.74. The van der Waals surface area contributed by atoms with Gasteiger partial charge < -0.3 is 4.90 Å². The number of anilines is 3. The van der Waals surface area contributed by atoms with E-state index < -0.39 is 5.41 Å². The van der Waals surface area contributed by atoms with E-state index in [1.54, 1.807) is 11.1 Å². The molecule has 65 heavy (non-hydrogen) atoms. The second kappa shape index (κ2) is 14.4. The predicted molar refractivity (Wildman–Crippen MR) is 273 cm³/mol. The van der Waals surface area contributed by atoms with Crippen LogP contribution in [0.25, 0.3) is 42.1 Å². The minimum absolute atomic E-state index is 0.0215. The van der Waals surface area contributed by atoms with Crippen LogP contribution in [-0.4, -0.2) is 0 Å². The first-order chi connectivity index (χ1) is 32.2. The Labute approximate surface area is 385 Å². The van der Waals surface area contributed by atoms with Crippen molar-refractivity contribution in [1.82, 2.24) is 0 Å². The molecule has 9 aromatic carbocycles. The smallest absolute Gasteiger partial charge is 0.0708 e. The maximum atomic E-state index is 2.64. The van der Waals surface area contributed by atoms with Gasteiger partial charge >= 0.3 is 0 Å². The van der Waals surface area contributed by atoms with E-state index in [2.05, 4.69) is 217 Å². The van der Waals surface area contributed by atoms with Crippen molar-refractivity contribution >= 4 is 59.3 Å². The Kier molecular flexibility index (Phi) is 8.32. The molecule has 4 saturated carbocycles. The normalized spacial score (nSPS) is 22.3. The molecule has 4 fully saturated rings. The third-order valence-electron chi connectivity index (χ3n) is 16.6. The van der Waals surface area contributed by atoms with Crippen molar-refractivity contribution in [3.8, 4) is 11.1 Å². The molecule has 4 bridgehead atoms. The highest BCUT2D eigenvalue weighted by molar-refractivity contribution is 7.25. The van der Waals surface area contributed by atoms with Gasteiger partial charge in [-0.3, -0.25) is 0 Å². The minimum Gasteiger partial charge on any atom is -0.310 e. The predicted octanol–water partition coefficient (Wildman–Crippen LogP) is 16.8. The van der Waals surface area contributed by atoms with Crippen molar-refractivity contribution in [3.05, 3.63) is 246 Å². The molecule has 0 aliphatic heterocycles. The molecule has 1 aromatic heterocycles. The first-order valence-corrected chi connectivity index (χ1v) is 24.7. The van der Waals surface area contributed by atoms with Crippen LogP contribution in [0.15, 0.2) is 212 Å². The van der Waals surface area contributed by atoms with E-state index in [4.69, 9.17) is 0 Å². The molecule has 1 nitrogen and oxygen atoms in total. The van der Waals surface area contributed by atoms with Crippen LogP contribution in [-0.2, 0) is 10.8 Å². The third-order valence-corrected chi connectivity index (χ3v) is 17.7. The van der Waals surface area contributed by atoms with Crippen LogP contribution in [0.5, 0.6) is 0 Å². The molecule has 0 atom stereocenters. The second-order valence-corrected chi connectivity index (χ2v) is 20.7. The highest BCUT2D eigenvalue weighted by atomic mass is 32.1. The lowest BCUT2D eigenvalue weighted by Gasteiger charge is -2.65. The molecule has 0 radical (unpaired) electrons. The Balaban J connectivity index is 1.02. The minimum atomic E-state index is -0.524. The summed E-state index contributed by atoms with van der Waals surface area (Å²) in [5.41, 5.74) is 14.2. The largest absolute Gasteiger partial charge is 0.310 e. The summed E-state index contributed by atoms with van der Waals surface area (Å²) in [6, 6.07) is 81.3. The quantitative estimate of drug-likeness (QED) is 0.161. The van der Waals surface area contributed by atoms with E-state index in [9.17, 15) is 0 Å². The molecule has 5 aliphatic rings. The number of benzene rings is 9.